The van der Waals surface area contributed by atoms with Crippen LogP contribution in [0.3, 0.4) is 0 Å². The quantitative estimate of drug-likeness (QED) is 0.845. The lowest BCUT2D eigenvalue weighted by atomic mass is 10.1. The zero-order valence-corrected chi connectivity index (χ0v) is 14.1. The molecule has 1 heterocycles. The number of aryl methyl sites for hydroxylation is 2. The van der Waals surface area contributed by atoms with Crippen LogP contribution < -0.4 is 5.32 Å². The first-order chi connectivity index (χ1) is 10.1. The SMILES string of the molecule is CCCNc1nc(-c2ccc(C)c(F)c2)nc(CC)c1Br. The normalized spacial score (nSPS) is 10.7. The molecule has 0 bridgehead atoms. The fourth-order valence-electron chi connectivity index (χ4n) is 1.95. The highest BCUT2D eigenvalue weighted by Gasteiger charge is 2.13. The fourth-order valence-corrected chi connectivity index (χ4v) is 2.55. The van der Waals surface area contributed by atoms with Crippen molar-refractivity contribution in [2.24, 2.45) is 0 Å². The van der Waals surface area contributed by atoms with E-state index in [0.717, 1.165) is 35.4 Å². The number of nitrogens with one attached hydrogen (secondary N) is 1. The number of hydrogen-bond acceptors (Lipinski definition) is 3. The average Bonchev–Trinajstić information content (AvgIpc) is 2.49. The van der Waals surface area contributed by atoms with Crippen molar-refractivity contribution in [2.75, 3.05) is 11.9 Å². The van der Waals surface area contributed by atoms with E-state index in [1.165, 1.54) is 6.07 Å². The lowest BCUT2D eigenvalue weighted by Gasteiger charge is -2.12. The van der Waals surface area contributed by atoms with E-state index in [9.17, 15) is 4.39 Å². The summed E-state index contributed by atoms with van der Waals surface area (Å²) in [6.07, 6.45) is 1.79. The molecule has 1 aromatic heterocycles. The Bertz CT molecular complexity index is 644. The first kappa shape index (κ1) is 15.9. The standard InChI is InChI=1S/C16H19BrFN3/c1-4-8-19-16-14(17)13(5-2)20-15(21-16)11-7-6-10(3)12(18)9-11/h6-7,9H,4-5,8H2,1-3H3,(H,19,20,21). The average molecular weight is 352 g/mol. The van der Waals surface area contributed by atoms with Crippen LogP contribution in [0.1, 0.15) is 31.5 Å². The van der Waals surface area contributed by atoms with Gasteiger partial charge in [0.1, 0.15) is 11.6 Å². The van der Waals surface area contributed by atoms with Gasteiger partial charge in [-0.05, 0) is 47.3 Å². The maximum absolute atomic E-state index is 13.7. The Hall–Kier alpha value is -1.49. The minimum Gasteiger partial charge on any atom is -0.369 e. The van der Waals surface area contributed by atoms with Gasteiger partial charge in [-0.25, -0.2) is 14.4 Å². The van der Waals surface area contributed by atoms with Gasteiger partial charge in [0.15, 0.2) is 5.82 Å². The largest absolute Gasteiger partial charge is 0.369 e. The van der Waals surface area contributed by atoms with E-state index in [-0.39, 0.29) is 5.82 Å². The Kier molecular flexibility index (Phi) is 5.28. The molecule has 0 atom stereocenters. The van der Waals surface area contributed by atoms with Crippen molar-refractivity contribution in [1.29, 1.82) is 0 Å². The van der Waals surface area contributed by atoms with Crippen molar-refractivity contribution in [3.05, 3.63) is 39.7 Å². The van der Waals surface area contributed by atoms with Crippen LogP contribution in [0.15, 0.2) is 22.7 Å². The first-order valence-electron chi connectivity index (χ1n) is 7.13. The van der Waals surface area contributed by atoms with E-state index in [1.54, 1.807) is 13.0 Å². The number of benzene rings is 1. The molecule has 0 fully saturated rings. The lowest BCUT2D eigenvalue weighted by Crippen LogP contribution is -2.07. The second-order valence-corrected chi connectivity index (χ2v) is 5.69. The van der Waals surface area contributed by atoms with Gasteiger partial charge >= 0.3 is 0 Å². The number of rotatable bonds is 5. The Morgan fingerprint density at radius 3 is 2.62 bits per heavy atom. The minimum atomic E-state index is -0.236. The zero-order chi connectivity index (χ0) is 15.4. The molecule has 1 N–H and O–H groups in total. The van der Waals surface area contributed by atoms with Crippen molar-refractivity contribution in [3.63, 3.8) is 0 Å². The van der Waals surface area contributed by atoms with E-state index >= 15 is 0 Å². The molecule has 0 aliphatic rings. The van der Waals surface area contributed by atoms with Crippen LogP contribution in [0.25, 0.3) is 11.4 Å². The van der Waals surface area contributed by atoms with Crippen molar-refractivity contribution in [3.8, 4) is 11.4 Å². The number of anilines is 1. The van der Waals surface area contributed by atoms with Crippen LogP contribution in [0, 0.1) is 12.7 Å². The molecule has 2 aromatic rings. The summed E-state index contributed by atoms with van der Waals surface area (Å²) in [5.74, 6) is 1.08. The van der Waals surface area contributed by atoms with Crippen molar-refractivity contribution >= 4 is 21.7 Å². The molecule has 21 heavy (non-hydrogen) atoms. The lowest BCUT2D eigenvalue weighted by molar-refractivity contribution is 0.619. The maximum atomic E-state index is 13.7. The summed E-state index contributed by atoms with van der Waals surface area (Å²) < 4.78 is 14.6. The van der Waals surface area contributed by atoms with Gasteiger partial charge in [0.2, 0.25) is 0 Å². The third-order valence-corrected chi connectivity index (χ3v) is 4.06. The second-order valence-electron chi connectivity index (χ2n) is 4.90. The molecule has 0 unspecified atom stereocenters. The van der Waals surface area contributed by atoms with Crippen LogP contribution in [0.5, 0.6) is 0 Å². The monoisotopic (exact) mass is 351 g/mol. The van der Waals surface area contributed by atoms with Crippen molar-refractivity contribution in [1.82, 2.24) is 9.97 Å². The van der Waals surface area contributed by atoms with Crippen LogP contribution >= 0.6 is 15.9 Å². The van der Waals surface area contributed by atoms with Gasteiger partial charge in [-0.3, -0.25) is 0 Å². The summed E-state index contributed by atoms with van der Waals surface area (Å²) in [4.78, 5) is 9.06. The van der Waals surface area contributed by atoms with Gasteiger partial charge in [0.25, 0.3) is 0 Å². The fraction of sp³-hybridized carbons (Fsp3) is 0.375. The smallest absolute Gasteiger partial charge is 0.161 e. The molecule has 3 nitrogen and oxygen atoms in total. The molecule has 0 aliphatic heterocycles. The molecule has 0 radical (unpaired) electrons. The van der Waals surface area contributed by atoms with E-state index in [1.807, 2.05) is 13.0 Å². The van der Waals surface area contributed by atoms with Gasteiger partial charge in [0.05, 0.1) is 10.2 Å². The Labute approximate surface area is 133 Å². The van der Waals surface area contributed by atoms with Crippen molar-refractivity contribution in [2.45, 2.75) is 33.6 Å². The van der Waals surface area contributed by atoms with E-state index in [4.69, 9.17) is 0 Å². The third-order valence-electron chi connectivity index (χ3n) is 3.23. The molecule has 0 spiro atoms. The van der Waals surface area contributed by atoms with Gasteiger partial charge in [0, 0.05) is 12.1 Å². The molecular formula is C16H19BrFN3. The molecule has 0 aliphatic carbocycles. The molecule has 112 valence electrons. The molecule has 0 saturated heterocycles. The van der Waals surface area contributed by atoms with Crippen LogP contribution in [-0.2, 0) is 6.42 Å². The topological polar surface area (TPSA) is 37.8 Å². The molecule has 0 amide bonds. The van der Waals surface area contributed by atoms with Gasteiger partial charge < -0.3 is 5.32 Å². The molecular weight excluding hydrogens is 333 g/mol. The minimum absolute atomic E-state index is 0.236. The zero-order valence-electron chi connectivity index (χ0n) is 12.5. The Morgan fingerprint density at radius 1 is 1.24 bits per heavy atom. The highest BCUT2D eigenvalue weighted by molar-refractivity contribution is 9.10. The highest BCUT2D eigenvalue weighted by Crippen LogP contribution is 2.28. The summed E-state index contributed by atoms with van der Waals surface area (Å²) in [5, 5.41) is 3.28. The van der Waals surface area contributed by atoms with Gasteiger partial charge in [-0.1, -0.05) is 26.0 Å². The summed E-state index contributed by atoms with van der Waals surface area (Å²) in [7, 11) is 0. The van der Waals surface area contributed by atoms with Crippen LogP contribution in [0.2, 0.25) is 0 Å². The maximum Gasteiger partial charge on any atom is 0.161 e. The summed E-state index contributed by atoms with van der Waals surface area (Å²) in [6.45, 7) is 6.71. The molecule has 2 rings (SSSR count). The highest BCUT2D eigenvalue weighted by atomic mass is 79.9. The summed E-state index contributed by atoms with van der Waals surface area (Å²) in [5.41, 5.74) is 2.23. The van der Waals surface area contributed by atoms with E-state index < -0.39 is 0 Å². The number of hydrogen-bond donors (Lipinski definition) is 1. The predicted molar refractivity (Wildman–Crippen MR) is 88.0 cm³/mol. The van der Waals surface area contributed by atoms with Crippen molar-refractivity contribution < 1.29 is 4.39 Å². The van der Waals surface area contributed by atoms with Crippen LogP contribution in [-0.4, -0.2) is 16.5 Å². The molecule has 0 saturated carbocycles. The predicted octanol–water partition coefficient (Wildman–Crippen LogP) is 4.74. The summed E-state index contributed by atoms with van der Waals surface area (Å²) >= 11 is 3.54. The van der Waals surface area contributed by atoms with E-state index in [0.29, 0.717) is 17.0 Å². The Morgan fingerprint density at radius 2 is 2.00 bits per heavy atom. The van der Waals surface area contributed by atoms with Gasteiger partial charge in [-0.2, -0.15) is 0 Å². The first-order valence-corrected chi connectivity index (χ1v) is 7.92. The number of nitrogens with zero attached hydrogens (tertiary/aromatic N) is 2. The van der Waals surface area contributed by atoms with Gasteiger partial charge in [-0.15, -0.1) is 0 Å². The summed E-state index contributed by atoms with van der Waals surface area (Å²) in [6, 6.07) is 5.09. The Balaban J connectivity index is 2.49. The molecule has 1 aromatic carbocycles. The second kappa shape index (κ2) is 6.98. The van der Waals surface area contributed by atoms with Crippen LogP contribution in [0.4, 0.5) is 10.2 Å². The number of halogens is 2. The number of aromatic nitrogens is 2. The third kappa shape index (κ3) is 3.59. The van der Waals surface area contributed by atoms with E-state index in [2.05, 4.69) is 38.1 Å². The molecule has 5 heteroatoms.